The molecule has 5 aliphatic rings. The van der Waals surface area contributed by atoms with Crippen LogP contribution >= 0.6 is 0 Å². The van der Waals surface area contributed by atoms with Crippen LogP contribution in [0.25, 0.3) is 11.3 Å². The Morgan fingerprint density at radius 2 is 1.76 bits per heavy atom. The molecule has 0 aliphatic heterocycles. The molecule has 5 saturated carbocycles. The molecule has 1 aromatic carbocycles. The molecule has 2 heterocycles. The number of fused-ring (bicyclic) bond motifs is 3. The zero-order valence-corrected chi connectivity index (χ0v) is 24.3. The largest absolute Gasteiger partial charge is 0.464 e. The summed E-state index contributed by atoms with van der Waals surface area (Å²) in [5.74, 6) is 3.45. The molecule has 0 N–H and O–H groups in total. The van der Waals surface area contributed by atoms with Crippen molar-refractivity contribution in [2.45, 2.75) is 108 Å². The Labute approximate surface area is 242 Å². The van der Waals surface area contributed by atoms with Crippen LogP contribution in [-0.2, 0) is 10.2 Å². The molecule has 8 rings (SSSR count). The number of hydrogen-bond acceptors (Lipinski definition) is 7. The molecule has 3 aromatic rings. The fourth-order valence-corrected chi connectivity index (χ4v) is 7.62. The third-order valence-electron chi connectivity index (χ3n) is 10.5. The molecule has 1 amide bonds. The van der Waals surface area contributed by atoms with Crippen LogP contribution in [0.2, 0.25) is 0 Å². The van der Waals surface area contributed by atoms with Gasteiger partial charge in [-0.25, -0.2) is 0 Å². The zero-order chi connectivity index (χ0) is 27.9. The quantitative estimate of drug-likeness (QED) is 0.253. The number of nitrogens with zero attached hydrogens (tertiary/aromatic N) is 4. The van der Waals surface area contributed by atoms with E-state index in [1.165, 1.54) is 44.9 Å². The molecule has 0 radical (unpaired) electrons. The summed E-state index contributed by atoms with van der Waals surface area (Å²) in [5, 5.41) is 8.56. The molecule has 5 aliphatic carbocycles. The number of hydrogen-bond donors (Lipinski definition) is 0. The van der Waals surface area contributed by atoms with Gasteiger partial charge in [0.15, 0.2) is 5.82 Å². The summed E-state index contributed by atoms with van der Waals surface area (Å²) in [4.78, 5) is 21.1. The first-order valence-corrected chi connectivity index (χ1v) is 15.9. The number of carbonyl (C=O) groups excluding carboxylic acids is 1. The number of amides is 1. The maximum Gasteiger partial charge on any atom is 0.311 e. The minimum absolute atomic E-state index is 0.0178. The summed E-state index contributed by atoms with van der Waals surface area (Å²) in [7, 11) is 0. The van der Waals surface area contributed by atoms with Crippen LogP contribution < -0.4 is 9.64 Å². The molecule has 41 heavy (non-hydrogen) atoms. The first-order valence-electron chi connectivity index (χ1n) is 15.9. The van der Waals surface area contributed by atoms with E-state index in [0.29, 0.717) is 30.8 Å². The van der Waals surface area contributed by atoms with Crippen LogP contribution in [0, 0.1) is 11.3 Å². The lowest BCUT2D eigenvalue weighted by Gasteiger charge is -2.53. The molecule has 8 nitrogen and oxygen atoms in total. The fraction of sp³-hybridized carbons (Fsp3) is 0.636. The lowest BCUT2D eigenvalue weighted by molar-refractivity contribution is -0.120. The Morgan fingerprint density at radius 3 is 2.49 bits per heavy atom. The summed E-state index contributed by atoms with van der Waals surface area (Å²) >= 11 is 0. The van der Waals surface area contributed by atoms with Gasteiger partial charge in [0.1, 0.15) is 5.69 Å². The molecule has 0 spiro atoms. The van der Waals surface area contributed by atoms with Gasteiger partial charge in [-0.2, -0.15) is 4.98 Å². The Hall–Kier alpha value is -3.16. The predicted molar refractivity (Wildman–Crippen MR) is 155 cm³/mol. The first kappa shape index (κ1) is 26.7. The van der Waals surface area contributed by atoms with Crippen LogP contribution in [0.15, 0.2) is 39.4 Å². The number of anilines is 1. The van der Waals surface area contributed by atoms with Gasteiger partial charge < -0.3 is 18.7 Å². The second-order valence-electron chi connectivity index (χ2n) is 13.2. The van der Waals surface area contributed by atoms with Crippen LogP contribution in [0.1, 0.15) is 114 Å². The molecular formula is C33H42N4O4. The average molecular weight is 559 g/mol. The van der Waals surface area contributed by atoms with Crippen LogP contribution in [0.5, 0.6) is 5.95 Å². The van der Waals surface area contributed by atoms with E-state index in [1.54, 1.807) is 0 Å². The van der Waals surface area contributed by atoms with E-state index in [1.807, 2.05) is 25.1 Å². The standard InChI is InChI=1S/C33H42N4O4/c1-2-39-29-21-27(35-40-29)25-9-6-10-26(20-25)37(28(38)19-23-7-4-3-5-8-23)22-32-13-16-33(17-14-32,18-15-32)31-34-30(36-41-31)24-11-12-24/h6,9-10,20-21,23-24H,2-5,7-8,11-19,22H2,1H3. The van der Waals surface area contributed by atoms with Gasteiger partial charge in [-0.3, -0.25) is 4.79 Å². The van der Waals surface area contributed by atoms with Gasteiger partial charge in [0.05, 0.1) is 12.7 Å². The number of benzene rings is 1. The van der Waals surface area contributed by atoms with Gasteiger partial charge in [-0.15, -0.1) is 0 Å². The van der Waals surface area contributed by atoms with Crippen molar-refractivity contribution < 1.29 is 18.6 Å². The monoisotopic (exact) mass is 558 g/mol. The predicted octanol–water partition coefficient (Wildman–Crippen LogP) is 7.60. The smallest absolute Gasteiger partial charge is 0.311 e. The van der Waals surface area contributed by atoms with E-state index in [9.17, 15) is 4.79 Å². The molecule has 218 valence electrons. The average Bonchev–Trinajstić information content (AvgIpc) is 3.54. The SMILES string of the molecule is CCOc1cc(-c2cccc(N(CC34CCC(c5nc(C6CC6)no5)(CC3)CC4)C(=O)CC3CCCCC3)c2)no1. The summed E-state index contributed by atoms with van der Waals surface area (Å²) in [5.41, 5.74) is 2.74. The lowest BCUT2D eigenvalue weighted by Crippen LogP contribution is -2.51. The highest BCUT2D eigenvalue weighted by Crippen LogP contribution is 2.58. The highest BCUT2D eigenvalue weighted by molar-refractivity contribution is 5.94. The number of aromatic nitrogens is 3. The van der Waals surface area contributed by atoms with Crippen molar-refractivity contribution in [2.75, 3.05) is 18.1 Å². The summed E-state index contributed by atoms with van der Waals surface area (Å²) in [6, 6.07) is 10.0. The lowest BCUT2D eigenvalue weighted by atomic mass is 9.53. The maximum atomic E-state index is 14.1. The van der Waals surface area contributed by atoms with Gasteiger partial charge >= 0.3 is 5.95 Å². The number of ether oxygens (including phenoxy) is 1. The molecule has 0 saturated heterocycles. The van der Waals surface area contributed by atoms with E-state index >= 15 is 0 Å². The van der Waals surface area contributed by atoms with E-state index in [0.717, 1.165) is 73.7 Å². The van der Waals surface area contributed by atoms with Crippen molar-refractivity contribution in [3.63, 3.8) is 0 Å². The van der Waals surface area contributed by atoms with Crippen LogP contribution in [-0.4, -0.2) is 34.4 Å². The van der Waals surface area contributed by atoms with E-state index in [2.05, 4.69) is 27.3 Å². The van der Waals surface area contributed by atoms with Gasteiger partial charge in [-0.05, 0) is 94.6 Å². The van der Waals surface area contributed by atoms with Crippen molar-refractivity contribution in [1.82, 2.24) is 15.3 Å². The second-order valence-corrected chi connectivity index (χ2v) is 13.2. The van der Waals surface area contributed by atoms with E-state index in [4.69, 9.17) is 18.8 Å². The summed E-state index contributed by atoms with van der Waals surface area (Å²) in [6.07, 6.45) is 15.6. The Morgan fingerprint density at radius 1 is 0.976 bits per heavy atom. The maximum absolute atomic E-state index is 14.1. The van der Waals surface area contributed by atoms with Gasteiger partial charge in [0.25, 0.3) is 0 Å². The zero-order valence-electron chi connectivity index (χ0n) is 24.3. The molecular weight excluding hydrogens is 516 g/mol. The molecule has 0 unspecified atom stereocenters. The topological polar surface area (TPSA) is 94.5 Å². The van der Waals surface area contributed by atoms with Gasteiger partial charge in [0.2, 0.25) is 11.8 Å². The molecule has 5 fully saturated rings. The number of carbonyl (C=O) groups is 1. The second kappa shape index (κ2) is 10.9. The molecule has 8 heteroatoms. The fourth-order valence-electron chi connectivity index (χ4n) is 7.62. The molecule has 2 bridgehead atoms. The first-order chi connectivity index (χ1) is 20.0. The molecule has 2 aromatic heterocycles. The van der Waals surface area contributed by atoms with Gasteiger partial charge in [0, 0.05) is 35.5 Å². The third-order valence-corrected chi connectivity index (χ3v) is 10.5. The van der Waals surface area contributed by atoms with E-state index < -0.39 is 0 Å². The number of rotatable bonds is 10. The Bertz CT molecular complexity index is 1340. The van der Waals surface area contributed by atoms with Crippen molar-refractivity contribution in [2.24, 2.45) is 11.3 Å². The molecule has 0 atom stereocenters. The van der Waals surface area contributed by atoms with Crippen molar-refractivity contribution in [3.05, 3.63) is 42.0 Å². The van der Waals surface area contributed by atoms with Crippen molar-refractivity contribution in [3.8, 4) is 17.2 Å². The minimum atomic E-state index is 0.0178. The third kappa shape index (κ3) is 5.42. The van der Waals surface area contributed by atoms with E-state index in [-0.39, 0.29) is 16.7 Å². The van der Waals surface area contributed by atoms with Crippen molar-refractivity contribution in [1.29, 1.82) is 0 Å². The van der Waals surface area contributed by atoms with Crippen LogP contribution in [0.4, 0.5) is 5.69 Å². The Kier molecular flexibility index (Phi) is 7.11. The highest BCUT2D eigenvalue weighted by atomic mass is 16.6. The van der Waals surface area contributed by atoms with Crippen molar-refractivity contribution >= 4 is 11.6 Å². The normalized spacial score (nSPS) is 26.3. The van der Waals surface area contributed by atoms with Gasteiger partial charge in [-0.1, -0.05) is 41.7 Å². The summed E-state index contributed by atoms with van der Waals surface area (Å²) < 4.78 is 16.7. The minimum Gasteiger partial charge on any atom is -0.464 e. The Balaban J connectivity index is 1.12. The summed E-state index contributed by atoms with van der Waals surface area (Å²) in [6.45, 7) is 3.21. The highest BCUT2D eigenvalue weighted by Gasteiger charge is 2.53. The van der Waals surface area contributed by atoms with Crippen LogP contribution in [0.3, 0.4) is 0 Å².